The SMILES string of the molecule is COc1ccc(C(=O)Nc2ccc(C(=O)N3CCc4cc(C(=O)NC5CC5)sc4C4=CCCC=C43)cc2)cc1. The molecule has 0 atom stereocenters. The van der Waals surface area contributed by atoms with Gasteiger partial charge in [0.25, 0.3) is 17.7 Å². The van der Waals surface area contributed by atoms with Gasteiger partial charge >= 0.3 is 0 Å². The van der Waals surface area contributed by atoms with Gasteiger partial charge in [0.05, 0.1) is 12.0 Å². The molecule has 1 aliphatic heterocycles. The van der Waals surface area contributed by atoms with Gasteiger partial charge in [-0.15, -0.1) is 11.3 Å². The Morgan fingerprint density at radius 3 is 2.36 bits per heavy atom. The van der Waals surface area contributed by atoms with Gasteiger partial charge in [0.2, 0.25) is 0 Å². The number of hydrogen-bond acceptors (Lipinski definition) is 5. The van der Waals surface area contributed by atoms with Crippen LogP contribution in [0.4, 0.5) is 5.69 Å². The molecule has 1 fully saturated rings. The van der Waals surface area contributed by atoms with E-state index in [1.54, 1.807) is 55.6 Å². The van der Waals surface area contributed by atoms with Gasteiger partial charge in [0.1, 0.15) is 5.75 Å². The number of allylic oxidation sites excluding steroid dienone is 3. The number of hydrogen-bond donors (Lipinski definition) is 2. The maximum absolute atomic E-state index is 13.7. The highest BCUT2D eigenvalue weighted by molar-refractivity contribution is 7.15. The summed E-state index contributed by atoms with van der Waals surface area (Å²) in [6.45, 7) is 0.533. The van der Waals surface area contributed by atoms with Gasteiger partial charge in [0.15, 0.2) is 0 Å². The van der Waals surface area contributed by atoms with E-state index in [0.717, 1.165) is 52.3 Å². The Hall–Kier alpha value is -4.17. The van der Waals surface area contributed by atoms with E-state index in [9.17, 15) is 14.4 Å². The van der Waals surface area contributed by atoms with E-state index in [1.165, 1.54) is 11.3 Å². The van der Waals surface area contributed by atoms with Crippen LogP contribution in [0, 0.1) is 0 Å². The zero-order valence-electron chi connectivity index (χ0n) is 21.7. The van der Waals surface area contributed by atoms with Crippen LogP contribution in [0.3, 0.4) is 0 Å². The average Bonchev–Trinajstić information content (AvgIpc) is 3.71. The van der Waals surface area contributed by atoms with Crippen LogP contribution in [0.15, 0.2) is 72.4 Å². The lowest BCUT2D eigenvalue weighted by Gasteiger charge is -2.27. The van der Waals surface area contributed by atoms with Crippen LogP contribution in [0.25, 0.3) is 5.57 Å². The third-order valence-corrected chi connectivity index (χ3v) is 8.41. The molecule has 1 saturated carbocycles. The molecular formula is C31H29N3O4S. The fourth-order valence-corrected chi connectivity index (χ4v) is 6.09. The molecule has 2 heterocycles. The van der Waals surface area contributed by atoms with Crippen LogP contribution in [0.1, 0.15) is 66.5 Å². The van der Waals surface area contributed by atoms with Crippen molar-refractivity contribution in [2.24, 2.45) is 0 Å². The van der Waals surface area contributed by atoms with E-state index in [1.807, 2.05) is 11.0 Å². The number of benzene rings is 2. The maximum atomic E-state index is 13.7. The van der Waals surface area contributed by atoms with Gasteiger partial charge in [0, 0.05) is 45.5 Å². The van der Waals surface area contributed by atoms with Gasteiger partial charge in [-0.05, 0) is 92.3 Å². The molecule has 3 amide bonds. The van der Waals surface area contributed by atoms with E-state index in [4.69, 9.17) is 4.74 Å². The van der Waals surface area contributed by atoms with Crippen LogP contribution in [0.5, 0.6) is 5.75 Å². The second-order valence-electron chi connectivity index (χ2n) is 9.96. The second-order valence-corrected chi connectivity index (χ2v) is 11.0. The first-order valence-electron chi connectivity index (χ1n) is 13.2. The summed E-state index contributed by atoms with van der Waals surface area (Å²) in [6, 6.07) is 16.2. The molecule has 198 valence electrons. The number of nitrogens with one attached hydrogen (secondary N) is 2. The number of ether oxygens (including phenoxy) is 1. The second kappa shape index (κ2) is 10.5. The molecule has 3 aliphatic rings. The fraction of sp³-hybridized carbons (Fsp3) is 0.258. The van der Waals surface area contributed by atoms with Gasteiger partial charge in [-0.3, -0.25) is 14.4 Å². The van der Waals surface area contributed by atoms with Crippen LogP contribution < -0.4 is 15.4 Å². The maximum Gasteiger partial charge on any atom is 0.261 e. The minimum absolute atomic E-state index is 0.00427. The molecule has 39 heavy (non-hydrogen) atoms. The van der Waals surface area contributed by atoms with Crippen LogP contribution in [-0.4, -0.2) is 42.3 Å². The quantitative estimate of drug-likeness (QED) is 0.423. The number of carbonyl (C=O) groups is 3. The number of nitrogens with zero attached hydrogens (tertiary/aromatic N) is 1. The number of anilines is 1. The molecule has 8 heteroatoms. The molecule has 7 nitrogen and oxygen atoms in total. The number of thiophene rings is 1. The first-order chi connectivity index (χ1) is 19.0. The van der Waals surface area contributed by atoms with Crippen LogP contribution in [0.2, 0.25) is 0 Å². The molecule has 3 aromatic rings. The summed E-state index contributed by atoms with van der Waals surface area (Å²) in [4.78, 5) is 42.7. The van der Waals surface area contributed by atoms with Crippen molar-refractivity contribution < 1.29 is 19.1 Å². The van der Waals surface area contributed by atoms with Crippen molar-refractivity contribution in [3.63, 3.8) is 0 Å². The molecule has 2 aliphatic carbocycles. The third-order valence-electron chi connectivity index (χ3n) is 7.20. The van der Waals surface area contributed by atoms with Crippen molar-refractivity contribution in [1.82, 2.24) is 10.2 Å². The average molecular weight is 540 g/mol. The van der Waals surface area contributed by atoms with Crippen molar-refractivity contribution in [3.05, 3.63) is 98.9 Å². The zero-order chi connectivity index (χ0) is 26.9. The van der Waals surface area contributed by atoms with Crippen molar-refractivity contribution in [3.8, 4) is 5.75 Å². The number of methoxy groups -OCH3 is 1. The number of rotatable bonds is 6. The Bertz CT molecular complexity index is 1500. The predicted molar refractivity (Wildman–Crippen MR) is 152 cm³/mol. The molecule has 1 aromatic heterocycles. The Morgan fingerprint density at radius 1 is 0.923 bits per heavy atom. The fourth-order valence-electron chi connectivity index (χ4n) is 4.93. The van der Waals surface area contributed by atoms with Crippen LogP contribution >= 0.6 is 11.3 Å². The van der Waals surface area contributed by atoms with Crippen molar-refractivity contribution in [2.75, 3.05) is 19.0 Å². The molecule has 0 spiro atoms. The normalized spacial score (nSPS) is 16.2. The topological polar surface area (TPSA) is 87.7 Å². The first-order valence-corrected chi connectivity index (χ1v) is 14.0. The summed E-state index contributed by atoms with van der Waals surface area (Å²) >= 11 is 1.52. The minimum Gasteiger partial charge on any atom is -0.497 e. The van der Waals surface area contributed by atoms with E-state index in [2.05, 4.69) is 22.8 Å². The van der Waals surface area contributed by atoms with E-state index >= 15 is 0 Å². The summed E-state index contributed by atoms with van der Waals surface area (Å²) in [5.74, 6) is 0.375. The molecule has 0 radical (unpaired) electrons. The highest BCUT2D eigenvalue weighted by atomic mass is 32.1. The Morgan fingerprint density at radius 2 is 1.64 bits per heavy atom. The third kappa shape index (κ3) is 5.25. The number of fused-ring (bicyclic) bond motifs is 3. The standard InChI is InChI=1S/C31H29N3O4S/c1-38-24-14-8-19(9-15-24)29(35)32-22-10-6-20(7-11-22)31(37)34-17-16-21-18-27(30(36)33-23-12-13-23)39-28(21)25-4-2-3-5-26(25)34/h4-11,14-15,18,23H,2-3,12-13,16-17H2,1H3,(H,32,35)(H,33,36). The number of amides is 3. The molecule has 0 saturated heterocycles. The molecule has 0 bridgehead atoms. The summed E-state index contributed by atoms with van der Waals surface area (Å²) in [5, 5.41) is 5.97. The summed E-state index contributed by atoms with van der Waals surface area (Å²) in [5.41, 5.74) is 4.76. The largest absolute Gasteiger partial charge is 0.497 e. The minimum atomic E-state index is -0.234. The number of carbonyl (C=O) groups excluding carboxylic acids is 3. The summed E-state index contributed by atoms with van der Waals surface area (Å²) < 4.78 is 5.15. The van der Waals surface area contributed by atoms with Crippen molar-refractivity contribution >= 4 is 40.3 Å². The van der Waals surface area contributed by atoms with Crippen molar-refractivity contribution in [1.29, 1.82) is 0 Å². The lowest BCUT2D eigenvalue weighted by molar-refractivity contribution is 0.0813. The smallest absolute Gasteiger partial charge is 0.261 e. The van der Waals surface area contributed by atoms with E-state index in [-0.39, 0.29) is 17.7 Å². The molecule has 2 N–H and O–H groups in total. The highest BCUT2D eigenvalue weighted by Crippen LogP contribution is 2.41. The predicted octanol–water partition coefficient (Wildman–Crippen LogP) is 5.66. The monoisotopic (exact) mass is 539 g/mol. The van der Waals surface area contributed by atoms with Crippen LogP contribution in [-0.2, 0) is 6.42 Å². The van der Waals surface area contributed by atoms with Gasteiger partial charge in [-0.2, -0.15) is 0 Å². The van der Waals surface area contributed by atoms with Gasteiger partial charge in [-0.1, -0.05) is 12.2 Å². The van der Waals surface area contributed by atoms with Crippen molar-refractivity contribution in [2.45, 2.75) is 38.1 Å². The zero-order valence-corrected chi connectivity index (χ0v) is 22.5. The first kappa shape index (κ1) is 25.1. The molecule has 2 aromatic carbocycles. The Labute approximate surface area is 231 Å². The molecule has 6 rings (SSSR count). The highest BCUT2D eigenvalue weighted by Gasteiger charge is 2.31. The Kier molecular flexibility index (Phi) is 6.79. The van der Waals surface area contributed by atoms with E-state index < -0.39 is 0 Å². The molecular weight excluding hydrogens is 510 g/mol. The molecule has 0 unspecified atom stereocenters. The lowest BCUT2D eigenvalue weighted by atomic mass is 9.99. The Balaban J connectivity index is 1.18. The van der Waals surface area contributed by atoms with E-state index in [0.29, 0.717) is 41.6 Å². The van der Waals surface area contributed by atoms with Gasteiger partial charge < -0.3 is 20.3 Å². The summed E-state index contributed by atoms with van der Waals surface area (Å²) in [6.07, 6.45) is 8.90. The summed E-state index contributed by atoms with van der Waals surface area (Å²) in [7, 11) is 1.58. The lowest BCUT2D eigenvalue weighted by Crippen LogP contribution is -2.32. The van der Waals surface area contributed by atoms with Gasteiger partial charge in [-0.25, -0.2) is 0 Å².